The van der Waals surface area contributed by atoms with Crippen molar-refractivity contribution in [1.82, 2.24) is 4.90 Å². The smallest absolute Gasteiger partial charge is 0.172 e. The van der Waals surface area contributed by atoms with Crippen LogP contribution in [-0.2, 0) is 6.54 Å². The fraction of sp³-hybridized carbons (Fsp3) is 0.333. The first-order valence-electron chi connectivity index (χ1n) is 3.88. The van der Waals surface area contributed by atoms with Crippen molar-refractivity contribution in [1.29, 1.82) is 0 Å². The first kappa shape index (κ1) is 9.80. The molecule has 3 nitrogen and oxygen atoms in total. The van der Waals surface area contributed by atoms with Gasteiger partial charge in [0.05, 0.1) is 0 Å². The lowest BCUT2D eigenvalue weighted by atomic mass is 10.2. The van der Waals surface area contributed by atoms with E-state index in [1.807, 2.05) is 19.0 Å². The molecule has 0 aliphatic rings. The van der Waals surface area contributed by atoms with Crippen molar-refractivity contribution in [2.24, 2.45) is 0 Å². The molecule has 72 valence electrons. The van der Waals surface area contributed by atoms with Crippen LogP contribution in [0.2, 0.25) is 0 Å². The zero-order valence-corrected chi connectivity index (χ0v) is 7.62. The number of benzene rings is 1. The monoisotopic (exact) mass is 185 g/mol. The van der Waals surface area contributed by atoms with E-state index < -0.39 is 0 Å². The summed E-state index contributed by atoms with van der Waals surface area (Å²) in [6, 6.07) is 4.25. The second kappa shape index (κ2) is 4.09. The fourth-order valence-corrected chi connectivity index (χ4v) is 1.08. The van der Waals surface area contributed by atoms with E-state index in [9.17, 15) is 9.63 Å². The highest BCUT2D eigenvalue weighted by Crippen LogP contribution is 2.23. The van der Waals surface area contributed by atoms with Crippen LogP contribution in [0.1, 0.15) is 5.56 Å². The highest BCUT2D eigenvalue weighted by Gasteiger charge is 2.04. The van der Waals surface area contributed by atoms with Crippen molar-refractivity contribution in [3.8, 4) is 11.5 Å². The summed E-state index contributed by atoms with van der Waals surface area (Å²) in [5, 5.41) is 9.37. The Bertz CT molecular complexity index is 289. The molecule has 1 aromatic rings. The molecule has 0 amide bonds. The molecule has 0 aliphatic heterocycles. The second-order valence-corrected chi connectivity index (χ2v) is 3.11. The topological polar surface area (TPSA) is 32.7 Å². The van der Waals surface area contributed by atoms with Crippen molar-refractivity contribution in [2.75, 3.05) is 14.1 Å². The van der Waals surface area contributed by atoms with E-state index in [1.165, 1.54) is 18.2 Å². The van der Waals surface area contributed by atoms with Gasteiger partial charge in [-0.25, -0.2) is 0 Å². The Hall–Kier alpha value is -1.29. The lowest BCUT2D eigenvalue weighted by molar-refractivity contribution is -0.00638. The molecule has 1 aromatic carbocycles. The molecular weight excluding hydrogens is 173 g/mol. The summed E-state index contributed by atoms with van der Waals surface area (Å²) in [6.45, 7) is 0.545. The van der Waals surface area contributed by atoms with Crippen LogP contribution in [0, 0.1) is 0 Å². The second-order valence-electron chi connectivity index (χ2n) is 3.11. The Labute approximate surface area is 76.3 Å². The molecule has 0 aromatic heterocycles. The van der Waals surface area contributed by atoms with E-state index in [-0.39, 0.29) is 11.5 Å². The molecular formula is C9H12FNO2. The summed E-state index contributed by atoms with van der Waals surface area (Å²) in [6.07, 6.45) is 0. The molecule has 1 N–H and O–H groups in total. The van der Waals surface area contributed by atoms with Crippen molar-refractivity contribution in [3.05, 3.63) is 23.8 Å². The highest BCUT2D eigenvalue weighted by atomic mass is 19.3. The van der Waals surface area contributed by atoms with E-state index >= 15 is 0 Å². The third kappa shape index (κ3) is 2.59. The standard InChI is InChI=1S/C9H12FNO2/c1-11(2)6-7-5-8(13-10)3-4-9(7)12/h3-5,12H,6H2,1-2H3. The minimum atomic E-state index is 0.106. The average molecular weight is 185 g/mol. The van der Waals surface area contributed by atoms with E-state index in [0.717, 1.165) is 0 Å². The SMILES string of the molecule is CN(C)Cc1cc(OF)ccc1O. The summed E-state index contributed by atoms with van der Waals surface area (Å²) in [5.41, 5.74) is 0.639. The van der Waals surface area contributed by atoms with Gasteiger partial charge in [-0.2, -0.15) is 0 Å². The molecule has 4 heteroatoms. The van der Waals surface area contributed by atoms with Gasteiger partial charge in [0.15, 0.2) is 5.75 Å². The van der Waals surface area contributed by atoms with Gasteiger partial charge in [0, 0.05) is 16.6 Å². The lowest BCUT2D eigenvalue weighted by Crippen LogP contribution is -2.10. The summed E-state index contributed by atoms with van der Waals surface area (Å²) in [7, 11) is 3.73. The number of rotatable bonds is 3. The highest BCUT2D eigenvalue weighted by molar-refractivity contribution is 5.38. The molecule has 0 atom stereocenters. The molecule has 0 aliphatic carbocycles. The van der Waals surface area contributed by atoms with Gasteiger partial charge < -0.3 is 10.0 Å². The summed E-state index contributed by atoms with van der Waals surface area (Å²) >= 11 is 0. The first-order valence-corrected chi connectivity index (χ1v) is 3.88. The zero-order valence-electron chi connectivity index (χ0n) is 7.62. The van der Waals surface area contributed by atoms with E-state index in [1.54, 1.807) is 0 Å². The molecule has 0 saturated heterocycles. The summed E-state index contributed by atoms with van der Waals surface area (Å²) in [5.74, 6) is 0.254. The summed E-state index contributed by atoms with van der Waals surface area (Å²) < 4.78 is 11.8. The van der Waals surface area contributed by atoms with Crippen LogP contribution in [0.25, 0.3) is 0 Å². The van der Waals surface area contributed by atoms with Gasteiger partial charge in [0.1, 0.15) is 5.75 Å². The van der Waals surface area contributed by atoms with Gasteiger partial charge in [0.25, 0.3) is 0 Å². The number of phenolic OH excluding ortho intramolecular Hbond substituents is 1. The molecule has 1 rings (SSSR count). The largest absolute Gasteiger partial charge is 0.508 e. The maximum absolute atomic E-state index is 11.8. The number of nitrogens with zero attached hydrogens (tertiary/aromatic N) is 1. The predicted molar refractivity (Wildman–Crippen MR) is 47.2 cm³/mol. The normalized spacial score (nSPS) is 10.5. The van der Waals surface area contributed by atoms with Gasteiger partial charge in [-0.3, -0.25) is 4.94 Å². The van der Waals surface area contributed by atoms with Gasteiger partial charge in [-0.1, -0.05) is 0 Å². The first-order chi connectivity index (χ1) is 6.13. The predicted octanol–water partition coefficient (Wildman–Crippen LogP) is 1.72. The Morgan fingerprint density at radius 3 is 2.69 bits per heavy atom. The number of phenols is 1. The van der Waals surface area contributed by atoms with Gasteiger partial charge in [0.2, 0.25) is 0 Å². The molecule has 0 bridgehead atoms. The minimum Gasteiger partial charge on any atom is -0.508 e. The lowest BCUT2D eigenvalue weighted by Gasteiger charge is -2.11. The third-order valence-electron chi connectivity index (χ3n) is 1.63. The van der Waals surface area contributed by atoms with Crippen molar-refractivity contribution in [2.45, 2.75) is 6.54 Å². The molecule has 0 heterocycles. The van der Waals surface area contributed by atoms with E-state index in [2.05, 4.69) is 4.94 Å². The molecule has 0 spiro atoms. The average Bonchev–Trinajstić information content (AvgIpc) is 2.08. The van der Waals surface area contributed by atoms with Crippen LogP contribution in [0.5, 0.6) is 11.5 Å². The maximum Gasteiger partial charge on any atom is 0.172 e. The van der Waals surface area contributed by atoms with Crippen LogP contribution < -0.4 is 4.94 Å². The van der Waals surface area contributed by atoms with Gasteiger partial charge in [-0.05, 0) is 32.3 Å². The number of hydrogen-bond donors (Lipinski definition) is 1. The Morgan fingerprint density at radius 1 is 1.46 bits per heavy atom. The van der Waals surface area contributed by atoms with Gasteiger partial charge >= 0.3 is 0 Å². The zero-order chi connectivity index (χ0) is 9.84. The van der Waals surface area contributed by atoms with Crippen LogP contribution in [0.15, 0.2) is 18.2 Å². The van der Waals surface area contributed by atoms with Crippen LogP contribution in [0.3, 0.4) is 0 Å². The number of hydrogen-bond acceptors (Lipinski definition) is 3. The quantitative estimate of drug-likeness (QED) is 0.778. The van der Waals surface area contributed by atoms with Crippen molar-refractivity contribution < 1.29 is 14.6 Å². The van der Waals surface area contributed by atoms with E-state index in [4.69, 9.17) is 0 Å². The van der Waals surface area contributed by atoms with Gasteiger partial charge in [-0.15, -0.1) is 0 Å². The summed E-state index contributed by atoms with van der Waals surface area (Å²) in [4.78, 5) is 5.43. The number of halogens is 1. The molecule has 0 unspecified atom stereocenters. The van der Waals surface area contributed by atoms with Crippen LogP contribution in [-0.4, -0.2) is 24.1 Å². The third-order valence-corrected chi connectivity index (χ3v) is 1.63. The Balaban J connectivity index is 2.90. The van der Waals surface area contributed by atoms with Crippen molar-refractivity contribution in [3.63, 3.8) is 0 Å². The van der Waals surface area contributed by atoms with Crippen LogP contribution >= 0.6 is 0 Å². The minimum absolute atomic E-state index is 0.106. The Morgan fingerprint density at radius 2 is 2.15 bits per heavy atom. The van der Waals surface area contributed by atoms with Crippen LogP contribution in [0.4, 0.5) is 4.53 Å². The Kier molecular flexibility index (Phi) is 3.08. The van der Waals surface area contributed by atoms with Crippen molar-refractivity contribution >= 4 is 0 Å². The maximum atomic E-state index is 11.8. The number of aromatic hydroxyl groups is 1. The molecule has 13 heavy (non-hydrogen) atoms. The van der Waals surface area contributed by atoms with E-state index in [0.29, 0.717) is 12.1 Å². The molecule has 0 fully saturated rings. The molecule has 0 saturated carbocycles. The fourth-order valence-electron chi connectivity index (χ4n) is 1.08. The molecule has 0 radical (unpaired) electrons.